The van der Waals surface area contributed by atoms with Crippen LogP contribution in [0.5, 0.6) is 0 Å². The maximum atomic E-state index is 10.9. The maximum absolute atomic E-state index is 10.9. The number of aliphatic carboxylic acids is 1. The minimum absolute atomic E-state index is 0.355. The smallest absolute Gasteiger partial charge is 0.319 e. The molecule has 0 amide bonds. The van der Waals surface area contributed by atoms with E-state index in [4.69, 9.17) is 28.3 Å². The molecule has 0 fully saturated rings. The zero-order chi connectivity index (χ0) is 12.3. The summed E-state index contributed by atoms with van der Waals surface area (Å²) in [5, 5.41) is 9.80. The van der Waals surface area contributed by atoms with E-state index in [-0.39, 0.29) is 0 Å². The van der Waals surface area contributed by atoms with Crippen LogP contribution in [0.4, 0.5) is 0 Å². The van der Waals surface area contributed by atoms with E-state index in [1.165, 1.54) is 11.8 Å². The first-order valence-corrected chi connectivity index (χ1v) is 6.25. The number of thioether (sulfide) groups is 1. The molecular formula is C10H11Cl2NO2S. The van der Waals surface area contributed by atoms with E-state index in [9.17, 15) is 4.79 Å². The minimum Gasteiger partial charge on any atom is -0.480 e. The van der Waals surface area contributed by atoms with Gasteiger partial charge < -0.3 is 5.11 Å². The Balaban J connectivity index is 2.75. The van der Waals surface area contributed by atoms with Crippen LogP contribution < -0.4 is 0 Å². The summed E-state index contributed by atoms with van der Waals surface area (Å²) in [5.74, 6) is -0.450. The summed E-state index contributed by atoms with van der Waals surface area (Å²) in [6.45, 7) is 3.27. The van der Waals surface area contributed by atoms with Crippen LogP contribution in [0.1, 0.15) is 19.5 Å². The number of carboxylic acids is 1. The van der Waals surface area contributed by atoms with Crippen LogP contribution in [0.2, 0.25) is 10.2 Å². The SMILES string of the molecule is CC(C)(SCc1nc(Cl)ccc1Cl)C(=O)O. The van der Waals surface area contributed by atoms with Gasteiger partial charge in [0.1, 0.15) is 9.90 Å². The molecule has 0 aliphatic carbocycles. The van der Waals surface area contributed by atoms with Gasteiger partial charge in [-0.1, -0.05) is 23.2 Å². The third-order valence-electron chi connectivity index (χ3n) is 1.97. The molecule has 1 N–H and O–H groups in total. The Bertz CT molecular complexity index is 410. The van der Waals surface area contributed by atoms with Crippen LogP contribution in [0, 0.1) is 0 Å². The molecule has 0 aliphatic rings. The lowest BCUT2D eigenvalue weighted by Gasteiger charge is -2.18. The van der Waals surface area contributed by atoms with Gasteiger partial charge in [0, 0.05) is 5.75 Å². The van der Waals surface area contributed by atoms with Gasteiger partial charge in [0.25, 0.3) is 0 Å². The lowest BCUT2D eigenvalue weighted by molar-refractivity contribution is -0.138. The number of carbonyl (C=O) groups is 1. The summed E-state index contributed by atoms with van der Waals surface area (Å²) in [6, 6.07) is 3.25. The van der Waals surface area contributed by atoms with Crippen molar-refractivity contribution in [3.8, 4) is 0 Å². The largest absolute Gasteiger partial charge is 0.480 e. The molecule has 1 aromatic rings. The normalized spacial score (nSPS) is 11.5. The van der Waals surface area contributed by atoms with Crippen molar-refractivity contribution in [2.24, 2.45) is 0 Å². The zero-order valence-corrected chi connectivity index (χ0v) is 11.2. The molecule has 16 heavy (non-hydrogen) atoms. The number of carboxylic acid groups (broad SMARTS) is 1. The summed E-state index contributed by atoms with van der Waals surface area (Å²) in [6.07, 6.45) is 0. The number of aromatic nitrogens is 1. The molecule has 0 spiro atoms. The van der Waals surface area contributed by atoms with Crippen molar-refractivity contribution in [2.75, 3.05) is 0 Å². The summed E-state index contributed by atoms with van der Waals surface area (Å²) in [5.41, 5.74) is 0.605. The second-order valence-corrected chi connectivity index (χ2v) is 6.06. The Kier molecular flexibility index (Phi) is 4.47. The standard InChI is InChI=1S/C10H11Cl2NO2S/c1-10(2,9(14)15)16-5-7-6(11)3-4-8(12)13-7/h3-4H,5H2,1-2H3,(H,14,15). The number of hydrogen-bond acceptors (Lipinski definition) is 3. The van der Waals surface area contributed by atoms with Crippen LogP contribution >= 0.6 is 35.0 Å². The molecule has 88 valence electrons. The number of hydrogen-bond donors (Lipinski definition) is 1. The Hall–Kier alpha value is -0.450. The van der Waals surface area contributed by atoms with E-state index in [1.54, 1.807) is 26.0 Å². The van der Waals surface area contributed by atoms with Gasteiger partial charge in [0.2, 0.25) is 0 Å². The molecule has 1 rings (SSSR count). The lowest BCUT2D eigenvalue weighted by atomic mass is 10.2. The third kappa shape index (κ3) is 3.54. The summed E-state index contributed by atoms with van der Waals surface area (Å²) in [7, 11) is 0. The number of pyridine rings is 1. The molecule has 1 heterocycles. The highest BCUT2D eigenvalue weighted by Crippen LogP contribution is 2.30. The molecule has 0 saturated carbocycles. The Morgan fingerprint density at radius 3 is 2.69 bits per heavy atom. The van der Waals surface area contributed by atoms with Crippen molar-refractivity contribution in [2.45, 2.75) is 24.3 Å². The van der Waals surface area contributed by atoms with E-state index >= 15 is 0 Å². The van der Waals surface area contributed by atoms with Crippen LogP contribution in [-0.4, -0.2) is 20.8 Å². The van der Waals surface area contributed by atoms with Gasteiger partial charge in [-0.15, -0.1) is 11.8 Å². The predicted molar refractivity (Wildman–Crippen MR) is 67.3 cm³/mol. The topological polar surface area (TPSA) is 50.2 Å². The van der Waals surface area contributed by atoms with Gasteiger partial charge in [-0.3, -0.25) is 4.79 Å². The fourth-order valence-corrected chi connectivity index (χ4v) is 2.13. The predicted octanol–water partition coefficient (Wildman–Crippen LogP) is 3.48. The van der Waals surface area contributed by atoms with E-state index in [0.29, 0.717) is 21.6 Å². The van der Waals surface area contributed by atoms with Gasteiger partial charge in [0.15, 0.2) is 0 Å². The molecule has 6 heteroatoms. The molecule has 0 saturated heterocycles. The van der Waals surface area contributed by atoms with Crippen molar-refractivity contribution in [1.82, 2.24) is 4.98 Å². The van der Waals surface area contributed by atoms with Gasteiger partial charge >= 0.3 is 5.97 Å². The fourth-order valence-electron chi connectivity index (χ4n) is 0.869. The van der Waals surface area contributed by atoms with Crippen molar-refractivity contribution in [3.63, 3.8) is 0 Å². The van der Waals surface area contributed by atoms with Crippen LogP contribution in [-0.2, 0) is 10.5 Å². The monoisotopic (exact) mass is 279 g/mol. The Morgan fingerprint density at radius 2 is 2.12 bits per heavy atom. The molecule has 0 aromatic carbocycles. The van der Waals surface area contributed by atoms with E-state index in [1.807, 2.05) is 0 Å². The van der Waals surface area contributed by atoms with Gasteiger partial charge in [-0.25, -0.2) is 4.98 Å². The second-order valence-electron chi connectivity index (χ2n) is 3.67. The molecule has 1 aromatic heterocycles. The number of rotatable bonds is 4. The number of halogens is 2. The minimum atomic E-state index is -0.868. The van der Waals surface area contributed by atoms with Crippen molar-refractivity contribution in [3.05, 3.63) is 28.0 Å². The number of nitrogens with zero attached hydrogens (tertiary/aromatic N) is 1. The van der Waals surface area contributed by atoms with E-state index < -0.39 is 10.7 Å². The first-order valence-electron chi connectivity index (χ1n) is 4.51. The van der Waals surface area contributed by atoms with E-state index in [2.05, 4.69) is 4.98 Å². The highest BCUT2D eigenvalue weighted by Gasteiger charge is 2.27. The summed E-state index contributed by atoms with van der Waals surface area (Å²) >= 11 is 12.9. The van der Waals surface area contributed by atoms with Crippen molar-refractivity contribution >= 4 is 40.9 Å². The highest BCUT2D eigenvalue weighted by molar-refractivity contribution is 8.00. The highest BCUT2D eigenvalue weighted by atomic mass is 35.5. The molecule has 0 atom stereocenters. The lowest BCUT2D eigenvalue weighted by Crippen LogP contribution is -2.27. The van der Waals surface area contributed by atoms with Gasteiger partial charge in [-0.05, 0) is 26.0 Å². The quantitative estimate of drug-likeness (QED) is 0.858. The van der Waals surface area contributed by atoms with Gasteiger partial charge in [0.05, 0.1) is 10.7 Å². The molecule has 0 radical (unpaired) electrons. The molecule has 0 aliphatic heterocycles. The second kappa shape index (κ2) is 5.25. The summed E-state index contributed by atoms with van der Waals surface area (Å²) in [4.78, 5) is 14.9. The first-order chi connectivity index (χ1) is 7.33. The summed E-state index contributed by atoms with van der Waals surface area (Å²) < 4.78 is -0.868. The van der Waals surface area contributed by atoms with Crippen molar-refractivity contribution < 1.29 is 9.90 Å². The molecule has 3 nitrogen and oxygen atoms in total. The maximum Gasteiger partial charge on any atom is 0.319 e. The average molecular weight is 280 g/mol. The molecular weight excluding hydrogens is 269 g/mol. The zero-order valence-electron chi connectivity index (χ0n) is 8.83. The fraction of sp³-hybridized carbons (Fsp3) is 0.400. The average Bonchev–Trinajstić information content (AvgIpc) is 2.19. The van der Waals surface area contributed by atoms with Gasteiger partial charge in [-0.2, -0.15) is 0 Å². The van der Waals surface area contributed by atoms with Crippen molar-refractivity contribution in [1.29, 1.82) is 0 Å². The first kappa shape index (κ1) is 13.6. The van der Waals surface area contributed by atoms with Crippen LogP contribution in [0.25, 0.3) is 0 Å². The van der Waals surface area contributed by atoms with Crippen LogP contribution in [0.15, 0.2) is 12.1 Å². The van der Waals surface area contributed by atoms with E-state index in [0.717, 1.165) is 0 Å². The Labute approximate surface area is 108 Å². The molecule has 0 bridgehead atoms. The molecule has 0 unspecified atom stereocenters. The third-order valence-corrected chi connectivity index (χ3v) is 3.84. The Morgan fingerprint density at radius 1 is 1.50 bits per heavy atom. The van der Waals surface area contributed by atoms with Crippen LogP contribution in [0.3, 0.4) is 0 Å².